The standard InChI is InChI=1S/C19H26N6O/c1-13-14(10-21-23(13)2)12-25-15-3-4-18(25)16-11-20-19(22-17(16)9-15)24-5-7-26-8-6-24/h10-11,15,18H,3-9,12H2,1-2H3. The van der Waals surface area contributed by atoms with E-state index >= 15 is 0 Å². The molecular weight excluding hydrogens is 328 g/mol. The Morgan fingerprint density at radius 3 is 2.81 bits per heavy atom. The van der Waals surface area contributed by atoms with E-state index in [1.807, 2.05) is 17.9 Å². The minimum Gasteiger partial charge on any atom is -0.378 e. The normalized spacial score (nSPS) is 25.5. The Bertz CT molecular complexity index is 812. The predicted molar refractivity (Wildman–Crippen MR) is 98.0 cm³/mol. The van der Waals surface area contributed by atoms with Gasteiger partial charge in [-0.1, -0.05) is 0 Å². The SMILES string of the molecule is Cc1c(CN2C3CCC2c2cnc(N4CCOCC4)nc2C3)cnn1C. The third-order valence-electron chi connectivity index (χ3n) is 6.30. The smallest absolute Gasteiger partial charge is 0.225 e. The average molecular weight is 354 g/mol. The number of anilines is 1. The van der Waals surface area contributed by atoms with Crippen LogP contribution < -0.4 is 4.90 Å². The van der Waals surface area contributed by atoms with Gasteiger partial charge in [-0.3, -0.25) is 9.58 Å². The maximum Gasteiger partial charge on any atom is 0.225 e. The molecule has 3 aliphatic heterocycles. The van der Waals surface area contributed by atoms with E-state index < -0.39 is 0 Å². The molecule has 2 unspecified atom stereocenters. The second-order valence-electron chi connectivity index (χ2n) is 7.67. The molecule has 0 radical (unpaired) electrons. The zero-order chi connectivity index (χ0) is 17.7. The first kappa shape index (κ1) is 16.2. The minimum absolute atomic E-state index is 0.446. The molecule has 7 heteroatoms. The van der Waals surface area contributed by atoms with Crippen molar-refractivity contribution in [1.82, 2.24) is 24.6 Å². The summed E-state index contributed by atoms with van der Waals surface area (Å²) >= 11 is 0. The van der Waals surface area contributed by atoms with E-state index in [4.69, 9.17) is 14.7 Å². The molecule has 7 nitrogen and oxygen atoms in total. The summed E-state index contributed by atoms with van der Waals surface area (Å²) in [7, 11) is 2.01. The van der Waals surface area contributed by atoms with Crippen LogP contribution in [0.3, 0.4) is 0 Å². The van der Waals surface area contributed by atoms with Gasteiger partial charge in [-0.15, -0.1) is 0 Å². The van der Waals surface area contributed by atoms with Gasteiger partial charge in [-0.05, 0) is 19.8 Å². The molecule has 26 heavy (non-hydrogen) atoms. The summed E-state index contributed by atoms with van der Waals surface area (Å²) in [5.41, 5.74) is 5.18. The zero-order valence-electron chi connectivity index (χ0n) is 15.6. The van der Waals surface area contributed by atoms with Gasteiger partial charge >= 0.3 is 0 Å². The van der Waals surface area contributed by atoms with Crippen molar-refractivity contribution >= 4 is 5.95 Å². The van der Waals surface area contributed by atoms with Gasteiger partial charge in [0.05, 0.1) is 25.1 Å². The maximum absolute atomic E-state index is 5.45. The Labute approximate surface area is 154 Å². The summed E-state index contributed by atoms with van der Waals surface area (Å²) in [6, 6.07) is 1.03. The van der Waals surface area contributed by atoms with Crippen LogP contribution in [0, 0.1) is 6.92 Å². The summed E-state index contributed by atoms with van der Waals surface area (Å²) < 4.78 is 7.41. The molecule has 5 heterocycles. The second kappa shape index (κ2) is 6.32. The third kappa shape index (κ3) is 2.61. The number of morpholine rings is 1. The quantitative estimate of drug-likeness (QED) is 0.835. The molecule has 2 bridgehead atoms. The predicted octanol–water partition coefficient (Wildman–Crippen LogP) is 1.62. The minimum atomic E-state index is 0.446. The van der Waals surface area contributed by atoms with E-state index in [2.05, 4.69) is 28.0 Å². The van der Waals surface area contributed by atoms with Crippen LogP contribution in [0.25, 0.3) is 0 Å². The zero-order valence-corrected chi connectivity index (χ0v) is 15.6. The molecular formula is C19H26N6O. The molecule has 138 valence electrons. The van der Waals surface area contributed by atoms with Crippen molar-refractivity contribution in [3.63, 3.8) is 0 Å². The summed E-state index contributed by atoms with van der Waals surface area (Å²) in [6.45, 7) is 6.43. The number of aromatic nitrogens is 4. The lowest BCUT2D eigenvalue weighted by Gasteiger charge is -2.36. The summed E-state index contributed by atoms with van der Waals surface area (Å²) in [5, 5.41) is 4.41. The molecule has 0 amide bonds. The van der Waals surface area contributed by atoms with Crippen molar-refractivity contribution in [2.24, 2.45) is 7.05 Å². The molecule has 2 fully saturated rings. The van der Waals surface area contributed by atoms with Crippen LogP contribution in [0.5, 0.6) is 0 Å². The van der Waals surface area contributed by atoms with Crippen LogP contribution in [0.4, 0.5) is 5.95 Å². The number of rotatable bonds is 3. The van der Waals surface area contributed by atoms with Crippen LogP contribution in [0.15, 0.2) is 12.4 Å². The highest BCUT2D eigenvalue weighted by Crippen LogP contribution is 2.44. The van der Waals surface area contributed by atoms with Crippen LogP contribution >= 0.6 is 0 Å². The molecule has 5 rings (SSSR count). The monoisotopic (exact) mass is 354 g/mol. The number of hydrogen-bond acceptors (Lipinski definition) is 6. The molecule has 0 aromatic carbocycles. The number of nitrogens with zero attached hydrogens (tertiary/aromatic N) is 6. The van der Waals surface area contributed by atoms with Crippen molar-refractivity contribution in [2.75, 3.05) is 31.2 Å². The number of ether oxygens (including phenoxy) is 1. The molecule has 2 saturated heterocycles. The number of aryl methyl sites for hydroxylation is 1. The van der Waals surface area contributed by atoms with E-state index in [0.717, 1.165) is 45.2 Å². The van der Waals surface area contributed by atoms with Gasteiger partial charge in [0.25, 0.3) is 0 Å². The first-order valence-electron chi connectivity index (χ1n) is 9.62. The average Bonchev–Trinajstić information content (AvgIpc) is 3.14. The van der Waals surface area contributed by atoms with Crippen molar-refractivity contribution in [1.29, 1.82) is 0 Å². The molecule has 0 spiro atoms. The highest BCUT2D eigenvalue weighted by Gasteiger charge is 2.41. The highest BCUT2D eigenvalue weighted by atomic mass is 16.5. The lowest BCUT2D eigenvalue weighted by molar-refractivity contribution is 0.122. The Kier molecular flexibility index (Phi) is 3.94. The van der Waals surface area contributed by atoms with Crippen LogP contribution in [0.2, 0.25) is 0 Å². The van der Waals surface area contributed by atoms with Gasteiger partial charge in [-0.2, -0.15) is 5.10 Å². The Balaban J connectivity index is 1.41. The maximum atomic E-state index is 5.45. The lowest BCUT2D eigenvalue weighted by atomic mass is 9.98. The van der Waals surface area contributed by atoms with E-state index in [1.165, 1.54) is 35.4 Å². The first-order valence-corrected chi connectivity index (χ1v) is 9.62. The molecule has 0 aliphatic carbocycles. The van der Waals surface area contributed by atoms with E-state index in [9.17, 15) is 0 Å². The summed E-state index contributed by atoms with van der Waals surface area (Å²) in [6.07, 6.45) is 7.58. The Hall–Kier alpha value is -1.99. The third-order valence-corrected chi connectivity index (χ3v) is 6.30. The van der Waals surface area contributed by atoms with Crippen LogP contribution in [-0.4, -0.2) is 57.0 Å². The molecule has 2 aromatic heterocycles. The molecule has 0 saturated carbocycles. The fourth-order valence-corrected chi connectivity index (χ4v) is 4.62. The van der Waals surface area contributed by atoms with Crippen molar-refractivity contribution < 1.29 is 4.74 Å². The van der Waals surface area contributed by atoms with Gasteiger partial charge in [0.1, 0.15) is 0 Å². The van der Waals surface area contributed by atoms with E-state index in [-0.39, 0.29) is 0 Å². The largest absolute Gasteiger partial charge is 0.378 e. The molecule has 2 aromatic rings. The molecule has 2 atom stereocenters. The van der Waals surface area contributed by atoms with Gasteiger partial charge in [0.15, 0.2) is 0 Å². The summed E-state index contributed by atoms with van der Waals surface area (Å²) in [5.74, 6) is 0.878. The van der Waals surface area contributed by atoms with Crippen molar-refractivity contribution in [2.45, 2.75) is 44.8 Å². The van der Waals surface area contributed by atoms with Crippen LogP contribution in [0.1, 0.15) is 41.4 Å². The lowest BCUT2D eigenvalue weighted by Crippen LogP contribution is -2.40. The fraction of sp³-hybridized carbons (Fsp3) is 0.632. The van der Waals surface area contributed by atoms with Gasteiger partial charge in [-0.25, -0.2) is 9.97 Å². The van der Waals surface area contributed by atoms with Crippen molar-refractivity contribution in [3.8, 4) is 0 Å². The summed E-state index contributed by atoms with van der Waals surface area (Å²) in [4.78, 5) is 14.6. The van der Waals surface area contributed by atoms with E-state index in [1.54, 1.807) is 0 Å². The van der Waals surface area contributed by atoms with Gasteiger partial charge < -0.3 is 9.64 Å². The number of fused-ring (bicyclic) bond motifs is 4. The molecule has 3 aliphatic rings. The van der Waals surface area contributed by atoms with Crippen molar-refractivity contribution in [3.05, 3.63) is 34.9 Å². The first-order chi connectivity index (χ1) is 12.7. The number of hydrogen-bond donors (Lipinski definition) is 0. The van der Waals surface area contributed by atoms with E-state index in [0.29, 0.717) is 12.1 Å². The highest BCUT2D eigenvalue weighted by molar-refractivity contribution is 5.37. The Morgan fingerprint density at radius 2 is 2.04 bits per heavy atom. The fourth-order valence-electron chi connectivity index (χ4n) is 4.62. The topological polar surface area (TPSA) is 59.3 Å². The second-order valence-corrected chi connectivity index (χ2v) is 7.67. The van der Waals surface area contributed by atoms with Gasteiger partial charge in [0.2, 0.25) is 5.95 Å². The molecule has 0 N–H and O–H groups in total. The van der Waals surface area contributed by atoms with Crippen LogP contribution in [-0.2, 0) is 24.8 Å². The van der Waals surface area contributed by atoms with Gasteiger partial charge in [0, 0.05) is 68.2 Å². The Morgan fingerprint density at radius 1 is 1.19 bits per heavy atom.